The van der Waals surface area contributed by atoms with Crippen molar-refractivity contribution in [2.75, 3.05) is 5.73 Å². The average molecular weight is 434 g/mol. The molecule has 9 nitrogen and oxygen atoms in total. The van der Waals surface area contributed by atoms with Crippen molar-refractivity contribution in [3.8, 4) is 46.5 Å². The van der Waals surface area contributed by atoms with Gasteiger partial charge in [-0.25, -0.2) is 29.9 Å². The van der Waals surface area contributed by atoms with Crippen LogP contribution < -0.4 is 10.5 Å². The minimum absolute atomic E-state index is 0.287. The van der Waals surface area contributed by atoms with Crippen LogP contribution in [-0.2, 0) is 0 Å². The molecule has 0 saturated heterocycles. The molecule has 9 heteroatoms. The molecular weight excluding hydrogens is 416 g/mol. The first kappa shape index (κ1) is 20.1. The van der Waals surface area contributed by atoms with Crippen LogP contribution >= 0.6 is 0 Å². The lowest BCUT2D eigenvalue weighted by Crippen LogP contribution is -1.96. The molecule has 5 aromatic rings. The number of hydrogen-bond acceptors (Lipinski definition) is 8. The summed E-state index contributed by atoms with van der Waals surface area (Å²) >= 11 is 0. The second-order valence-electron chi connectivity index (χ2n) is 7.30. The Bertz CT molecular complexity index is 1530. The Morgan fingerprint density at radius 2 is 1.82 bits per heavy atom. The van der Waals surface area contributed by atoms with Gasteiger partial charge in [0.15, 0.2) is 0 Å². The summed E-state index contributed by atoms with van der Waals surface area (Å²) in [6.45, 7) is 3.76. The van der Waals surface area contributed by atoms with Gasteiger partial charge in [0.2, 0.25) is 5.82 Å². The Labute approximate surface area is 189 Å². The van der Waals surface area contributed by atoms with E-state index in [9.17, 15) is 0 Å². The third kappa shape index (κ3) is 3.70. The molecule has 0 bridgehead atoms. The SMILES string of the molecule is C#Cc1ncc(-c2[nH]c3ncnc(N)c3c2-c2ccc(Oc3nccc(C)n3)cc2)c(C)n1. The van der Waals surface area contributed by atoms with E-state index in [1.165, 1.54) is 6.33 Å². The van der Waals surface area contributed by atoms with Gasteiger partial charge in [0.25, 0.3) is 0 Å². The van der Waals surface area contributed by atoms with E-state index in [4.69, 9.17) is 16.9 Å². The number of ether oxygens (including phenoxy) is 1. The van der Waals surface area contributed by atoms with Gasteiger partial charge in [-0.3, -0.25) is 0 Å². The number of aryl methyl sites for hydroxylation is 2. The van der Waals surface area contributed by atoms with E-state index in [0.29, 0.717) is 28.4 Å². The van der Waals surface area contributed by atoms with Crippen LogP contribution in [0.2, 0.25) is 0 Å². The van der Waals surface area contributed by atoms with Gasteiger partial charge in [0.05, 0.1) is 16.8 Å². The lowest BCUT2D eigenvalue weighted by molar-refractivity contribution is 0.440. The summed E-state index contributed by atoms with van der Waals surface area (Å²) in [5.41, 5.74) is 11.7. The molecule has 0 aliphatic rings. The smallest absolute Gasteiger partial charge is 0.322 e. The number of benzene rings is 1. The zero-order valence-electron chi connectivity index (χ0n) is 17.9. The van der Waals surface area contributed by atoms with Crippen molar-refractivity contribution in [3.05, 3.63) is 66.3 Å². The lowest BCUT2D eigenvalue weighted by atomic mass is 9.99. The van der Waals surface area contributed by atoms with Gasteiger partial charge in [-0.15, -0.1) is 6.42 Å². The largest absolute Gasteiger partial charge is 0.424 e. The van der Waals surface area contributed by atoms with Crippen molar-refractivity contribution in [1.29, 1.82) is 0 Å². The first-order valence-electron chi connectivity index (χ1n) is 10.0. The number of fused-ring (bicyclic) bond motifs is 1. The molecule has 0 unspecified atom stereocenters. The predicted octanol–water partition coefficient (Wildman–Crippen LogP) is 3.84. The van der Waals surface area contributed by atoms with E-state index in [-0.39, 0.29) is 6.01 Å². The number of nitrogens with zero attached hydrogens (tertiary/aromatic N) is 6. The summed E-state index contributed by atoms with van der Waals surface area (Å²) < 4.78 is 5.78. The van der Waals surface area contributed by atoms with E-state index in [0.717, 1.165) is 33.8 Å². The third-order valence-electron chi connectivity index (χ3n) is 5.12. The number of rotatable bonds is 4. The number of H-pyrrole nitrogens is 1. The quantitative estimate of drug-likeness (QED) is 0.408. The maximum Gasteiger partial charge on any atom is 0.322 e. The standard InChI is InChI=1S/C24H18N8O/c1-4-18-27-11-17(14(3)31-18)21-19(20-22(25)28-12-29-23(20)32-21)15-5-7-16(8-6-15)33-24-26-10-9-13(2)30-24/h1,5-12H,2-3H3,(H3,25,28,29,32). The molecule has 0 aliphatic carbocycles. The fraction of sp³-hybridized carbons (Fsp3) is 0.0833. The summed E-state index contributed by atoms with van der Waals surface area (Å²) in [6.07, 6.45) is 10.2. The van der Waals surface area contributed by atoms with Gasteiger partial charge in [0, 0.05) is 29.2 Å². The van der Waals surface area contributed by atoms with Gasteiger partial charge in [-0.1, -0.05) is 12.1 Å². The van der Waals surface area contributed by atoms with Gasteiger partial charge in [0.1, 0.15) is 23.5 Å². The van der Waals surface area contributed by atoms with Crippen LogP contribution in [0.1, 0.15) is 17.2 Å². The highest BCUT2D eigenvalue weighted by Crippen LogP contribution is 2.40. The molecule has 0 spiro atoms. The predicted molar refractivity (Wildman–Crippen MR) is 124 cm³/mol. The fourth-order valence-electron chi connectivity index (χ4n) is 3.59. The monoisotopic (exact) mass is 434 g/mol. The molecule has 5 rings (SSSR count). The third-order valence-corrected chi connectivity index (χ3v) is 5.12. The van der Waals surface area contributed by atoms with Crippen LogP contribution in [0.5, 0.6) is 11.8 Å². The van der Waals surface area contributed by atoms with Crippen molar-refractivity contribution in [2.24, 2.45) is 0 Å². The summed E-state index contributed by atoms with van der Waals surface area (Å²) in [5, 5.41) is 0.712. The van der Waals surface area contributed by atoms with Crippen molar-refractivity contribution in [2.45, 2.75) is 13.8 Å². The molecule has 33 heavy (non-hydrogen) atoms. The number of nitrogens with one attached hydrogen (secondary N) is 1. The number of aromatic amines is 1. The lowest BCUT2D eigenvalue weighted by Gasteiger charge is -2.09. The summed E-state index contributed by atoms with van der Waals surface area (Å²) in [4.78, 5) is 28.9. The number of anilines is 1. The molecule has 0 aliphatic heterocycles. The number of terminal acetylenes is 1. The van der Waals surface area contributed by atoms with E-state index >= 15 is 0 Å². The van der Waals surface area contributed by atoms with Crippen LogP contribution in [0.3, 0.4) is 0 Å². The number of nitrogens with two attached hydrogens (primary N) is 1. The minimum atomic E-state index is 0.287. The molecule has 0 radical (unpaired) electrons. The minimum Gasteiger partial charge on any atom is -0.424 e. The van der Waals surface area contributed by atoms with Crippen LogP contribution in [0, 0.1) is 26.2 Å². The Morgan fingerprint density at radius 1 is 1.00 bits per heavy atom. The molecule has 160 valence electrons. The molecule has 0 amide bonds. The summed E-state index contributed by atoms with van der Waals surface area (Å²) in [7, 11) is 0. The Morgan fingerprint density at radius 3 is 2.55 bits per heavy atom. The van der Waals surface area contributed by atoms with Crippen LogP contribution in [0.15, 0.2) is 49.1 Å². The summed E-state index contributed by atoms with van der Waals surface area (Å²) in [6, 6.07) is 9.63. The van der Waals surface area contributed by atoms with Crippen molar-refractivity contribution in [3.63, 3.8) is 0 Å². The zero-order valence-corrected chi connectivity index (χ0v) is 17.9. The maximum absolute atomic E-state index is 6.25. The zero-order chi connectivity index (χ0) is 22.9. The highest BCUT2D eigenvalue weighted by atomic mass is 16.5. The van der Waals surface area contributed by atoms with Crippen molar-refractivity contribution >= 4 is 16.9 Å². The van der Waals surface area contributed by atoms with Crippen LogP contribution in [-0.4, -0.2) is 34.9 Å². The summed E-state index contributed by atoms with van der Waals surface area (Å²) in [5.74, 6) is 3.76. The highest BCUT2D eigenvalue weighted by molar-refractivity contribution is 6.07. The molecule has 0 fully saturated rings. The van der Waals surface area contributed by atoms with E-state index < -0.39 is 0 Å². The van der Waals surface area contributed by atoms with E-state index in [2.05, 4.69) is 40.8 Å². The Kier molecular flexibility index (Phi) is 4.88. The molecule has 4 heterocycles. The van der Waals surface area contributed by atoms with Crippen LogP contribution in [0.4, 0.5) is 5.82 Å². The van der Waals surface area contributed by atoms with Gasteiger partial charge in [-0.2, -0.15) is 0 Å². The number of hydrogen-bond donors (Lipinski definition) is 2. The Hall–Kier alpha value is -4.84. The molecular formula is C24H18N8O. The normalized spacial score (nSPS) is 10.8. The van der Waals surface area contributed by atoms with E-state index in [1.54, 1.807) is 12.4 Å². The van der Waals surface area contributed by atoms with Crippen molar-refractivity contribution < 1.29 is 4.74 Å². The Balaban J connectivity index is 1.63. The molecule has 0 atom stereocenters. The van der Waals surface area contributed by atoms with Gasteiger partial charge < -0.3 is 15.5 Å². The molecule has 0 saturated carbocycles. The molecule has 3 N–H and O–H groups in total. The van der Waals surface area contributed by atoms with Gasteiger partial charge >= 0.3 is 6.01 Å². The molecule has 1 aromatic carbocycles. The first-order valence-corrected chi connectivity index (χ1v) is 10.0. The number of nitrogen functional groups attached to an aromatic ring is 1. The second-order valence-corrected chi connectivity index (χ2v) is 7.30. The van der Waals surface area contributed by atoms with Crippen LogP contribution in [0.25, 0.3) is 33.4 Å². The highest BCUT2D eigenvalue weighted by Gasteiger charge is 2.20. The van der Waals surface area contributed by atoms with E-state index in [1.807, 2.05) is 44.2 Å². The maximum atomic E-state index is 6.25. The average Bonchev–Trinajstić information content (AvgIpc) is 3.20. The van der Waals surface area contributed by atoms with Gasteiger partial charge in [-0.05, 0) is 43.5 Å². The second kappa shape index (κ2) is 8.01. The molecule has 4 aromatic heterocycles. The number of aromatic nitrogens is 7. The topological polar surface area (TPSA) is 128 Å². The fourth-order valence-corrected chi connectivity index (χ4v) is 3.59. The first-order chi connectivity index (χ1) is 16.0. The van der Waals surface area contributed by atoms with Crippen molar-refractivity contribution in [1.82, 2.24) is 34.9 Å².